The van der Waals surface area contributed by atoms with Crippen molar-refractivity contribution in [2.24, 2.45) is 0 Å². The summed E-state index contributed by atoms with van der Waals surface area (Å²) in [4.78, 5) is 40.0. The second-order valence-corrected chi connectivity index (χ2v) is 10.3. The van der Waals surface area contributed by atoms with Crippen LogP contribution < -0.4 is 5.32 Å². The van der Waals surface area contributed by atoms with E-state index in [4.69, 9.17) is 0 Å². The number of rotatable bonds is 10. The summed E-state index contributed by atoms with van der Waals surface area (Å²) in [6.07, 6.45) is 1.54. The van der Waals surface area contributed by atoms with Crippen molar-refractivity contribution in [2.45, 2.75) is 57.5 Å². The van der Waals surface area contributed by atoms with Gasteiger partial charge in [-0.1, -0.05) is 55.3 Å². The molecule has 8 nitrogen and oxygen atoms in total. The molecule has 3 amide bonds. The number of fused-ring (bicyclic) bond motifs is 1. The van der Waals surface area contributed by atoms with Crippen LogP contribution in [0.2, 0.25) is 0 Å². The Labute approximate surface area is 201 Å². The van der Waals surface area contributed by atoms with E-state index in [1.165, 1.54) is 17.0 Å². The number of benzene rings is 2. The molecule has 1 N–H and O–H groups in total. The SMILES string of the molecule is CCCCNC(=O)[C@H](C)N(Cc1ccc(C)cc1)C(=O)CCN1C(=O)c2ccccc2S1(=O)=O. The molecule has 34 heavy (non-hydrogen) atoms. The molecule has 0 spiro atoms. The molecule has 9 heteroatoms. The van der Waals surface area contributed by atoms with Crippen LogP contribution in [-0.4, -0.2) is 54.5 Å². The number of carbonyl (C=O) groups excluding carboxylic acids is 3. The standard InChI is InChI=1S/C25H31N3O5S/c1-4-5-15-26-24(30)19(3)27(17-20-12-10-18(2)11-13-20)23(29)14-16-28-25(31)21-8-6-7-9-22(21)34(28,32)33/h6-13,19H,4-5,14-17H2,1-3H3,(H,26,30)/t19-/m0/s1. The van der Waals surface area contributed by atoms with Gasteiger partial charge < -0.3 is 10.2 Å². The average Bonchev–Trinajstić information content (AvgIpc) is 3.02. The van der Waals surface area contributed by atoms with Gasteiger partial charge in [0.25, 0.3) is 15.9 Å². The van der Waals surface area contributed by atoms with Crippen LogP contribution in [0.3, 0.4) is 0 Å². The van der Waals surface area contributed by atoms with Crippen molar-refractivity contribution in [3.05, 3.63) is 65.2 Å². The van der Waals surface area contributed by atoms with E-state index >= 15 is 0 Å². The van der Waals surface area contributed by atoms with Gasteiger partial charge in [0.2, 0.25) is 11.8 Å². The van der Waals surface area contributed by atoms with Gasteiger partial charge in [0, 0.05) is 26.1 Å². The molecule has 1 atom stereocenters. The maximum atomic E-state index is 13.3. The van der Waals surface area contributed by atoms with E-state index in [9.17, 15) is 22.8 Å². The lowest BCUT2D eigenvalue weighted by atomic mass is 10.1. The molecule has 2 aromatic carbocycles. The summed E-state index contributed by atoms with van der Waals surface area (Å²) < 4.78 is 26.4. The minimum atomic E-state index is -4.00. The number of carbonyl (C=O) groups is 3. The van der Waals surface area contributed by atoms with Crippen LogP contribution in [0.4, 0.5) is 0 Å². The van der Waals surface area contributed by atoms with E-state index < -0.39 is 27.9 Å². The first kappa shape index (κ1) is 25.4. The van der Waals surface area contributed by atoms with Crippen molar-refractivity contribution in [3.8, 4) is 0 Å². The van der Waals surface area contributed by atoms with Gasteiger partial charge in [-0.2, -0.15) is 0 Å². The first-order valence-electron chi connectivity index (χ1n) is 11.5. The fraction of sp³-hybridized carbons (Fsp3) is 0.400. The van der Waals surface area contributed by atoms with E-state index in [2.05, 4.69) is 5.32 Å². The molecule has 182 valence electrons. The number of sulfonamides is 1. The molecule has 1 aliphatic rings. The summed E-state index contributed by atoms with van der Waals surface area (Å²) in [7, 11) is -4.00. The average molecular weight is 486 g/mol. The zero-order chi connectivity index (χ0) is 24.9. The molecule has 0 unspecified atom stereocenters. The van der Waals surface area contributed by atoms with Gasteiger partial charge in [-0.25, -0.2) is 12.7 Å². The molecule has 0 radical (unpaired) electrons. The number of unbranched alkanes of at least 4 members (excludes halogenated alkanes) is 1. The zero-order valence-electron chi connectivity index (χ0n) is 19.8. The summed E-state index contributed by atoms with van der Waals surface area (Å²) >= 11 is 0. The van der Waals surface area contributed by atoms with Crippen LogP contribution in [0.25, 0.3) is 0 Å². The third-order valence-corrected chi connectivity index (χ3v) is 7.75. The highest BCUT2D eigenvalue weighted by molar-refractivity contribution is 7.90. The van der Waals surface area contributed by atoms with Crippen molar-refractivity contribution in [2.75, 3.05) is 13.1 Å². The van der Waals surface area contributed by atoms with Crippen molar-refractivity contribution < 1.29 is 22.8 Å². The summed E-state index contributed by atoms with van der Waals surface area (Å²) in [5.74, 6) is -1.32. The Kier molecular flexibility index (Phi) is 8.09. The number of aryl methyl sites for hydroxylation is 1. The Balaban J connectivity index is 1.76. The monoisotopic (exact) mass is 485 g/mol. The Morgan fingerprint density at radius 2 is 1.76 bits per heavy atom. The fourth-order valence-electron chi connectivity index (χ4n) is 3.80. The predicted molar refractivity (Wildman–Crippen MR) is 128 cm³/mol. The number of hydrogen-bond donors (Lipinski definition) is 1. The van der Waals surface area contributed by atoms with Gasteiger partial charge in [0.15, 0.2) is 0 Å². The van der Waals surface area contributed by atoms with Crippen LogP contribution in [0.1, 0.15) is 54.6 Å². The number of nitrogens with zero attached hydrogens (tertiary/aromatic N) is 2. The normalized spacial score (nSPS) is 15.0. The van der Waals surface area contributed by atoms with Gasteiger partial charge >= 0.3 is 0 Å². The number of amides is 3. The summed E-state index contributed by atoms with van der Waals surface area (Å²) in [5, 5.41) is 2.85. The van der Waals surface area contributed by atoms with Gasteiger partial charge in [-0.3, -0.25) is 14.4 Å². The van der Waals surface area contributed by atoms with Gasteiger partial charge in [0.05, 0.1) is 5.56 Å². The molecule has 0 aliphatic carbocycles. The van der Waals surface area contributed by atoms with Crippen LogP contribution in [-0.2, 0) is 26.2 Å². The van der Waals surface area contributed by atoms with E-state index in [1.807, 2.05) is 38.1 Å². The molecular formula is C25H31N3O5S. The highest BCUT2D eigenvalue weighted by Crippen LogP contribution is 2.30. The molecule has 0 bridgehead atoms. The highest BCUT2D eigenvalue weighted by atomic mass is 32.2. The topological polar surface area (TPSA) is 104 Å². The first-order valence-corrected chi connectivity index (χ1v) is 12.9. The van der Waals surface area contributed by atoms with Gasteiger partial charge in [-0.15, -0.1) is 0 Å². The molecule has 0 saturated carbocycles. The van der Waals surface area contributed by atoms with Crippen molar-refractivity contribution in [3.63, 3.8) is 0 Å². The minimum Gasteiger partial charge on any atom is -0.354 e. The van der Waals surface area contributed by atoms with E-state index in [-0.39, 0.29) is 35.9 Å². The third-order valence-electron chi connectivity index (χ3n) is 5.91. The van der Waals surface area contributed by atoms with Crippen LogP contribution >= 0.6 is 0 Å². The van der Waals surface area contributed by atoms with Crippen LogP contribution in [0.5, 0.6) is 0 Å². The molecular weight excluding hydrogens is 454 g/mol. The van der Waals surface area contributed by atoms with Gasteiger partial charge in [-0.05, 0) is 38.0 Å². The lowest BCUT2D eigenvalue weighted by Gasteiger charge is -2.29. The molecule has 0 saturated heterocycles. The Morgan fingerprint density at radius 3 is 2.41 bits per heavy atom. The third kappa shape index (κ3) is 5.47. The maximum absolute atomic E-state index is 13.3. The largest absolute Gasteiger partial charge is 0.354 e. The van der Waals surface area contributed by atoms with Crippen molar-refractivity contribution in [1.82, 2.24) is 14.5 Å². The van der Waals surface area contributed by atoms with Crippen molar-refractivity contribution in [1.29, 1.82) is 0 Å². The second-order valence-electron chi connectivity index (χ2n) is 8.46. The Bertz CT molecular complexity index is 1160. The van der Waals surface area contributed by atoms with Crippen LogP contribution in [0, 0.1) is 6.92 Å². The fourth-order valence-corrected chi connectivity index (χ4v) is 5.37. The van der Waals surface area contributed by atoms with E-state index in [0.717, 1.165) is 28.3 Å². The second kappa shape index (κ2) is 10.8. The summed E-state index contributed by atoms with van der Waals surface area (Å²) in [6.45, 7) is 6.06. The molecule has 0 fully saturated rings. The molecule has 3 rings (SSSR count). The first-order chi connectivity index (χ1) is 16.2. The number of hydrogen-bond acceptors (Lipinski definition) is 5. The van der Waals surface area contributed by atoms with Crippen LogP contribution in [0.15, 0.2) is 53.4 Å². The number of nitrogens with one attached hydrogen (secondary N) is 1. The highest BCUT2D eigenvalue weighted by Gasteiger charge is 2.41. The molecule has 2 aromatic rings. The maximum Gasteiger partial charge on any atom is 0.269 e. The smallest absolute Gasteiger partial charge is 0.269 e. The Hall–Kier alpha value is -3.20. The Morgan fingerprint density at radius 1 is 1.09 bits per heavy atom. The molecule has 1 aliphatic heterocycles. The predicted octanol–water partition coefficient (Wildman–Crippen LogP) is 2.86. The summed E-state index contributed by atoms with van der Waals surface area (Å²) in [6, 6.07) is 12.9. The van der Waals surface area contributed by atoms with E-state index in [0.29, 0.717) is 6.54 Å². The van der Waals surface area contributed by atoms with Crippen molar-refractivity contribution >= 4 is 27.7 Å². The van der Waals surface area contributed by atoms with Gasteiger partial charge in [0.1, 0.15) is 10.9 Å². The zero-order valence-corrected chi connectivity index (χ0v) is 20.6. The summed E-state index contributed by atoms with van der Waals surface area (Å²) in [5.41, 5.74) is 2.03. The minimum absolute atomic E-state index is 0.0485. The lowest BCUT2D eigenvalue weighted by Crippen LogP contribution is -2.48. The van der Waals surface area contributed by atoms with E-state index in [1.54, 1.807) is 19.1 Å². The quantitative estimate of drug-likeness (QED) is 0.521. The lowest BCUT2D eigenvalue weighted by molar-refractivity contribution is -0.140. The molecule has 0 aromatic heterocycles. The molecule has 1 heterocycles.